The molecule has 0 unspecified atom stereocenters. The number of fused-ring (bicyclic) bond motifs is 1. The van der Waals surface area contributed by atoms with E-state index in [0.29, 0.717) is 18.6 Å². The molecular weight excluding hydrogens is 469 g/mol. The van der Waals surface area contributed by atoms with E-state index in [0.717, 1.165) is 35.2 Å². The number of hydrogen-bond donors (Lipinski definition) is 0. The molecule has 1 aliphatic carbocycles. The van der Waals surface area contributed by atoms with E-state index in [1.165, 1.54) is 12.1 Å². The second-order valence-electron chi connectivity index (χ2n) is 8.74. The standard InChI is InChI=1S/C29H23F3O4/c30-29(31,32)36-25-16-15-21(27(33)34-22-11-2-1-3-12-22)19-26(25)35-28(17-6-7-18-28)24-14-8-10-20-9-4-5-13-23(20)24/h1-5,8-16,19H,6-7,17-18H2. The number of carbonyl (C=O) groups excluding carboxylic acids is 1. The Hall–Kier alpha value is -4.00. The quantitative estimate of drug-likeness (QED) is 0.203. The van der Waals surface area contributed by atoms with Crippen LogP contribution in [-0.4, -0.2) is 12.3 Å². The maximum atomic E-state index is 13.2. The SMILES string of the molecule is O=C(Oc1ccccc1)c1ccc(OC(F)(F)F)c(OC2(c3cccc4ccccc34)CCCC2)c1. The third-order valence-corrected chi connectivity index (χ3v) is 6.36. The van der Waals surface area contributed by atoms with Crippen molar-refractivity contribution in [1.29, 1.82) is 0 Å². The van der Waals surface area contributed by atoms with E-state index in [1.807, 2.05) is 42.5 Å². The Morgan fingerprint density at radius 3 is 2.22 bits per heavy atom. The van der Waals surface area contributed by atoms with Gasteiger partial charge in [0, 0.05) is 5.56 Å². The zero-order valence-electron chi connectivity index (χ0n) is 19.3. The van der Waals surface area contributed by atoms with Crippen LogP contribution in [0.15, 0.2) is 91.0 Å². The van der Waals surface area contributed by atoms with E-state index >= 15 is 0 Å². The molecule has 1 saturated carbocycles. The summed E-state index contributed by atoms with van der Waals surface area (Å²) in [6.45, 7) is 0. The van der Waals surface area contributed by atoms with Gasteiger partial charge in [-0.15, -0.1) is 13.2 Å². The smallest absolute Gasteiger partial charge is 0.479 e. The highest BCUT2D eigenvalue weighted by Crippen LogP contribution is 2.47. The Morgan fingerprint density at radius 2 is 1.47 bits per heavy atom. The normalized spacial score (nSPS) is 15.0. The summed E-state index contributed by atoms with van der Waals surface area (Å²) >= 11 is 0. The third kappa shape index (κ3) is 5.00. The van der Waals surface area contributed by atoms with Gasteiger partial charge in [-0.1, -0.05) is 60.7 Å². The summed E-state index contributed by atoms with van der Waals surface area (Å²) in [7, 11) is 0. The van der Waals surface area contributed by atoms with Gasteiger partial charge in [0.25, 0.3) is 0 Å². The lowest BCUT2D eigenvalue weighted by molar-refractivity contribution is -0.275. The van der Waals surface area contributed by atoms with Crippen molar-refractivity contribution < 1.29 is 32.2 Å². The molecule has 1 aliphatic rings. The molecule has 0 amide bonds. The van der Waals surface area contributed by atoms with Crippen LogP contribution in [0.2, 0.25) is 0 Å². The molecule has 0 heterocycles. The van der Waals surface area contributed by atoms with Crippen molar-refractivity contribution in [2.24, 2.45) is 0 Å². The van der Waals surface area contributed by atoms with Gasteiger partial charge in [-0.3, -0.25) is 0 Å². The number of hydrogen-bond acceptors (Lipinski definition) is 4. The van der Waals surface area contributed by atoms with Gasteiger partial charge in [-0.05, 0) is 66.8 Å². The van der Waals surface area contributed by atoms with E-state index < -0.39 is 23.7 Å². The Morgan fingerprint density at radius 1 is 0.778 bits per heavy atom. The molecular formula is C29H23F3O4. The van der Waals surface area contributed by atoms with Crippen LogP contribution in [0, 0.1) is 0 Å². The summed E-state index contributed by atoms with van der Waals surface area (Å²) in [5, 5.41) is 1.98. The van der Waals surface area contributed by atoms with Crippen molar-refractivity contribution >= 4 is 16.7 Å². The van der Waals surface area contributed by atoms with Gasteiger partial charge in [0.1, 0.15) is 11.4 Å². The fourth-order valence-electron chi connectivity index (χ4n) is 4.78. The molecule has 0 N–H and O–H groups in total. The summed E-state index contributed by atoms with van der Waals surface area (Å²) in [4.78, 5) is 12.8. The number of carbonyl (C=O) groups is 1. The predicted molar refractivity (Wildman–Crippen MR) is 129 cm³/mol. The lowest BCUT2D eigenvalue weighted by Gasteiger charge is -2.33. The molecule has 0 spiro atoms. The first-order chi connectivity index (χ1) is 17.3. The van der Waals surface area contributed by atoms with Gasteiger partial charge in [0.05, 0.1) is 5.56 Å². The molecule has 0 aliphatic heterocycles. The molecule has 7 heteroatoms. The zero-order valence-corrected chi connectivity index (χ0v) is 19.3. The van der Waals surface area contributed by atoms with Crippen LogP contribution in [0.25, 0.3) is 10.8 Å². The fourth-order valence-corrected chi connectivity index (χ4v) is 4.78. The van der Waals surface area contributed by atoms with Crippen molar-refractivity contribution in [1.82, 2.24) is 0 Å². The van der Waals surface area contributed by atoms with Crippen LogP contribution in [0.1, 0.15) is 41.6 Å². The Balaban J connectivity index is 1.56. The molecule has 184 valence electrons. The maximum Gasteiger partial charge on any atom is 0.573 e. The average Bonchev–Trinajstić information content (AvgIpc) is 3.34. The Labute approximate surface area is 206 Å². The van der Waals surface area contributed by atoms with Crippen molar-refractivity contribution in [3.63, 3.8) is 0 Å². The zero-order chi connectivity index (χ0) is 25.2. The van der Waals surface area contributed by atoms with Gasteiger partial charge in [-0.25, -0.2) is 4.79 Å². The molecule has 4 aromatic carbocycles. The van der Waals surface area contributed by atoms with Gasteiger partial charge < -0.3 is 14.2 Å². The van der Waals surface area contributed by atoms with Gasteiger partial charge in [-0.2, -0.15) is 0 Å². The first kappa shape index (κ1) is 23.7. The van der Waals surface area contributed by atoms with Crippen molar-refractivity contribution in [2.45, 2.75) is 37.6 Å². The van der Waals surface area contributed by atoms with Crippen LogP contribution in [0.4, 0.5) is 13.2 Å². The number of halogens is 3. The summed E-state index contributed by atoms with van der Waals surface area (Å²) in [5.41, 5.74) is 0.0785. The number of benzene rings is 4. The van der Waals surface area contributed by atoms with Crippen molar-refractivity contribution in [3.8, 4) is 17.2 Å². The second kappa shape index (κ2) is 9.57. The minimum atomic E-state index is -4.92. The van der Waals surface area contributed by atoms with Crippen LogP contribution in [0.5, 0.6) is 17.2 Å². The summed E-state index contributed by atoms with van der Waals surface area (Å²) < 4.78 is 55.8. The largest absolute Gasteiger partial charge is 0.573 e. The maximum absolute atomic E-state index is 13.2. The summed E-state index contributed by atoms with van der Waals surface area (Å²) in [6.07, 6.45) is -1.98. The Kier molecular flexibility index (Phi) is 6.31. The minimum Gasteiger partial charge on any atom is -0.479 e. The van der Waals surface area contributed by atoms with Gasteiger partial charge in [0.2, 0.25) is 0 Å². The van der Waals surface area contributed by atoms with Crippen LogP contribution < -0.4 is 14.2 Å². The molecule has 36 heavy (non-hydrogen) atoms. The predicted octanol–water partition coefficient (Wildman–Crippen LogP) is 7.81. The van der Waals surface area contributed by atoms with E-state index in [-0.39, 0.29) is 11.3 Å². The van der Waals surface area contributed by atoms with E-state index in [9.17, 15) is 18.0 Å². The first-order valence-corrected chi connectivity index (χ1v) is 11.7. The number of esters is 1. The highest BCUT2D eigenvalue weighted by molar-refractivity contribution is 5.92. The molecule has 4 aromatic rings. The first-order valence-electron chi connectivity index (χ1n) is 11.7. The third-order valence-electron chi connectivity index (χ3n) is 6.36. The number of ether oxygens (including phenoxy) is 3. The van der Waals surface area contributed by atoms with Crippen molar-refractivity contribution in [3.05, 3.63) is 102 Å². The average molecular weight is 492 g/mol. The molecule has 4 nitrogen and oxygen atoms in total. The molecule has 0 aromatic heterocycles. The van der Waals surface area contributed by atoms with Crippen LogP contribution >= 0.6 is 0 Å². The van der Waals surface area contributed by atoms with Crippen LogP contribution in [-0.2, 0) is 5.60 Å². The number of alkyl halides is 3. The minimum absolute atomic E-state index is 0.0504. The van der Waals surface area contributed by atoms with Gasteiger partial charge >= 0.3 is 12.3 Å². The lowest BCUT2D eigenvalue weighted by atomic mass is 9.87. The molecule has 0 radical (unpaired) electrons. The fraction of sp³-hybridized carbons (Fsp3) is 0.207. The van der Waals surface area contributed by atoms with E-state index in [2.05, 4.69) is 4.74 Å². The van der Waals surface area contributed by atoms with E-state index in [4.69, 9.17) is 9.47 Å². The second-order valence-corrected chi connectivity index (χ2v) is 8.74. The number of rotatable bonds is 6. The number of para-hydroxylation sites is 1. The summed E-state index contributed by atoms with van der Waals surface area (Å²) in [6, 6.07) is 25.7. The van der Waals surface area contributed by atoms with Crippen LogP contribution in [0.3, 0.4) is 0 Å². The molecule has 0 bridgehead atoms. The molecule has 1 fully saturated rings. The highest BCUT2D eigenvalue weighted by atomic mass is 19.4. The lowest BCUT2D eigenvalue weighted by Crippen LogP contribution is -2.30. The molecule has 0 atom stereocenters. The molecule has 5 rings (SSSR count). The Bertz CT molecular complexity index is 1370. The monoisotopic (exact) mass is 492 g/mol. The summed E-state index contributed by atoms with van der Waals surface area (Å²) in [5.74, 6) is -1.06. The van der Waals surface area contributed by atoms with E-state index in [1.54, 1.807) is 30.3 Å². The molecule has 0 saturated heterocycles. The van der Waals surface area contributed by atoms with Crippen molar-refractivity contribution in [2.75, 3.05) is 0 Å². The van der Waals surface area contributed by atoms with Gasteiger partial charge in [0.15, 0.2) is 11.5 Å². The highest BCUT2D eigenvalue weighted by Gasteiger charge is 2.41. The topological polar surface area (TPSA) is 44.8 Å².